The van der Waals surface area contributed by atoms with E-state index in [1.165, 1.54) is 0 Å². The van der Waals surface area contributed by atoms with Crippen molar-refractivity contribution in [1.82, 2.24) is 15.1 Å². The van der Waals surface area contributed by atoms with Crippen molar-refractivity contribution in [2.75, 3.05) is 38.1 Å². The molecule has 3 heterocycles. The molecule has 0 amide bonds. The van der Waals surface area contributed by atoms with E-state index in [1.807, 2.05) is 4.90 Å². The molecule has 1 aromatic heterocycles. The molecule has 8 heteroatoms. The zero-order valence-electron chi connectivity index (χ0n) is 19.8. The molecule has 3 fully saturated rings. The Morgan fingerprint density at radius 1 is 1.06 bits per heavy atom. The van der Waals surface area contributed by atoms with Crippen molar-refractivity contribution in [3.63, 3.8) is 0 Å². The highest BCUT2D eigenvalue weighted by molar-refractivity contribution is 5.62. The zero-order chi connectivity index (χ0) is 23.9. The van der Waals surface area contributed by atoms with Crippen molar-refractivity contribution < 1.29 is 20.6 Å². The van der Waals surface area contributed by atoms with Crippen LogP contribution in [-0.4, -0.2) is 53.9 Å². The van der Waals surface area contributed by atoms with Gasteiger partial charge in [0.1, 0.15) is 5.56 Å². The predicted octanol–water partition coefficient (Wildman–Crippen LogP) is 4.71. The molecule has 0 bridgehead atoms. The van der Waals surface area contributed by atoms with Crippen molar-refractivity contribution in [2.24, 2.45) is 17.8 Å². The molecule has 172 valence electrons. The number of halogens is 3. The summed E-state index contributed by atoms with van der Waals surface area (Å²) in [6, 6.07) is 9.64. The number of benzene rings is 1. The van der Waals surface area contributed by atoms with Gasteiger partial charge in [0.05, 0.1) is 5.69 Å². The van der Waals surface area contributed by atoms with Crippen molar-refractivity contribution in [3.05, 3.63) is 42.0 Å². The van der Waals surface area contributed by atoms with Crippen molar-refractivity contribution >= 4 is 5.82 Å². The normalized spacial score (nSPS) is 28.3. The van der Waals surface area contributed by atoms with E-state index in [0.29, 0.717) is 44.7 Å². The van der Waals surface area contributed by atoms with Gasteiger partial charge in [-0.1, -0.05) is 30.3 Å². The van der Waals surface area contributed by atoms with Gasteiger partial charge in [0.15, 0.2) is 5.82 Å². The van der Waals surface area contributed by atoms with Crippen LogP contribution in [0.3, 0.4) is 0 Å². The smallest absolute Gasteiger partial charge is 0.381 e. The summed E-state index contributed by atoms with van der Waals surface area (Å²) < 4.78 is 64.3. The molecular formula is C24H29F3N4O. The third-order valence-corrected chi connectivity index (χ3v) is 6.85. The minimum absolute atomic E-state index is 0.0401. The Bertz CT molecular complexity index is 987. The summed E-state index contributed by atoms with van der Waals surface area (Å²) in [5.41, 5.74) is -0.0371. The lowest BCUT2D eigenvalue weighted by Crippen LogP contribution is -2.32. The maximum Gasteiger partial charge on any atom is 0.420 e. The standard InChI is InChI=1S/C24H29F3N4O/c25-24(26,27)21-12-22(17-4-2-1-3-5-17)29-30-23(21)28-20-10-18-14-31(15-19(18)11-20)13-16-6-8-32-9-7-16/h1-5,12,16,18-20H,6-11,13-15H2,(H,28,30)/i13D2. The molecule has 2 atom stereocenters. The Hall–Kier alpha value is -2.19. The molecule has 5 nitrogen and oxygen atoms in total. The molecule has 2 aromatic rings. The van der Waals surface area contributed by atoms with Crippen LogP contribution in [-0.2, 0) is 10.9 Å². The molecular weight excluding hydrogens is 417 g/mol. The lowest BCUT2D eigenvalue weighted by Gasteiger charge is -2.28. The zero-order valence-corrected chi connectivity index (χ0v) is 17.8. The lowest BCUT2D eigenvalue weighted by atomic mass is 10.00. The van der Waals surface area contributed by atoms with Crippen molar-refractivity contribution in [3.8, 4) is 11.3 Å². The fourth-order valence-corrected chi connectivity index (χ4v) is 5.27. The number of ether oxygens (including phenoxy) is 1. The number of fused-ring (bicyclic) bond motifs is 1. The van der Waals surface area contributed by atoms with Gasteiger partial charge in [-0.25, -0.2) is 0 Å². The summed E-state index contributed by atoms with van der Waals surface area (Å²) in [5, 5.41) is 11.0. The number of aromatic nitrogens is 2. The molecule has 1 N–H and O–H groups in total. The van der Waals surface area contributed by atoms with E-state index in [2.05, 4.69) is 15.5 Å². The highest BCUT2D eigenvalue weighted by atomic mass is 19.4. The van der Waals surface area contributed by atoms with Crippen LogP contribution in [0.4, 0.5) is 19.0 Å². The van der Waals surface area contributed by atoms with Gasteiger partial charge >= 0.3 is 6.18 Å². The van der Waals surface area contributed by atoms with Gasteiger partial charge in [-0.05, 0) is 49.5 Å². The van der Waals surface area contributed by atoms with Crippen LogP contribution in [0, 0.1) is 17.8 Å². The number of alkyl halides is 3. The molecule has 3 aliphatic rings. The van der Waals surface area contributed by atoms with Gasteiger partial charge in [0, 0.05) is 47.1 Å². The number of anilines is 1. The van der Waals surface area contributed by atoms with E-state index in [4.69, 9.17) is 7.48 Å². The fourth-order valence-electron chi connectivity index (χ4n) is 5.27. The largest absolute Gasteiger partial charge is 0.420 e. The monoisotopic (exact) mass is 448 g/mol. The number of hydrogen-bond acceptors (Lipinski definition) is 5. The van der Waals surface area contributed by atoms with Gasteiger partial charge in [-0.3, -0.25) is 0 Å². The summed E-state index contributed by atoms with van der Waals surface area (Å²) in [7, 11) is 0. The Morgan fingerprint density at radius 2 is 1.75 bits per heavy atom. The first kappa shape index (κ1) is 19.3. The molecule has 2 unspecified atom stereocenters. The number of nitrogens with zero attached hydrogens (tertiary/aromatic N) is 3. The average Bonchev–Trinajstić information content (AvgIpc) is 3.39. The summed E-state index contributed by atoms with van der Waals surface area (Å²) in [5.74, 6) is 0.255. The van der Waals surface area contributed by atoms with Crippen LogP contribution < -0.4 is 5.32 Å². The van der Waals surface area contributed by atoms with Crippen LogP contribution in [0.25, 0.3) is 11.3 Å². The average molecular weight is 449 g/mol. The molecule has 1 aliphatic carbocycles. The van der Waals surface area contributed by atoms with E-state index in [-0.39, 0.29) is 35.3 Å². The molecule has 2 aliphatic heterocycles. The van der Waals surface area contributed by atoms with E-state index in [1.54, 1.807) is 30.3 Å². The summed E-state index contributed by atoms with van der Waals surface area (Å²) in [6.07, 6.45) is -1.70. The maximum absolute atomic E-state index is 13.8. The van der Waals surface area contributed by atoms with E-state index in [0.717, 1.165) is 18.9 Å². The van der Waals surface area contributed by atoms with Crippen LogP contribution in [0.1, 0.15) is 34.0 Å². The highest BCUT2D eigenvalue weighted by Gasteiger charge is 2.42. The molecule has 0 spiro atoms. The molecule has 1 aromatic carbocycles. The third kappa shape index (κ3) is 4.76. The Labute approximate surface area is 189 Å². The van der Waals surface area contributed by atoms with E-state index >= 15 is 0 Å². The van der Waals surface area contributed by atoms with Crippen LogP contribution in [0.5, 0.6) is 0 Å². The molecule has 0 radical (unpaired) electrons. The summed E-state index contributed by atoms with van der Waals surface area (Å²) in [6.45, 7) is 1.10. The molecule has 1 saturated carbocycles. The number of rotatable bonds is 5. The topological polar surface area (TPSA) is 50.3 Å². The SMILES string of the molecule is [2H]C([2H])(C1CCOCC1)N1CC2CC(Nc3nnc(-c4ccccc4)cc3C(F)(F)F)CC2C1. The minimum atomic E-state index is -4.55. The molecule has 32 heavy (non-hydrogen) atoms. The van der Waals surface area contributed by atoms with E-state index < -0.39 is 18.2 Å². The second kappa shape index (κ2) is 8.98. The van der Waals surface area contributed by atoms with Gasteiger partial charge < -0.3 is 15.0 Å². The quantitative estimate of drug-likeness (QED) is 0.718. The van der Waals surface area contributed by atoms with Crippen molar-refractivity contribution in [2.45, 2.75) is 37.9 Å². The Balaban J connectivity index is 1.26. The van der Waals surface area contributed by atoms with Crippen LogP contribution in [0.2, 0.25) is 0 Å². The van der Waals surface area contributed by atoms with Crippen LogP contribution in [0.15, 0.2) is 36.4 Å². The molecule has 2 saturated heterocycles. The highest BCUT2D eigenvalue weighted by Crippen LogP contribution is 2.41. The minimum Gasteiger partial charge on any atom is -0.381 e. The first-order valence-corrected chi connectivity index (χ1v) is 11.3. The van der Waals surface area contributed by atoms with Crippen LogP contribution >= 0.6 is 0 Å². The van der Waals surface area contributed by atoms with E-state index in [9.17, 15) is 13.2 Å². The number of hydrogen-bond donors (Lipinski definition) is 1. The van der Waals surface area contributed by atoms with Gasteiger partial charge in [-0.2, -0.15) is 13.2 Å². The van der Waals surface area contributed by atoms with Gasteiger partial charge in [0.2, 0.25) is 0 Å². The number of likely N-dealkylation sites (tertiary alicyclic amines) is 1. The van der Waals surface area contributed by atoms with Gasteiger partial charge in [-0.15, -0.1) is 10.2 Å². The lowest BCUT2D eigenvalue weighted by molar-refractivity contribution is -0.137. The number of nitrogens with one attached hydrogen (secondary N) is 1. The second-order valence-corrected chi connectivity index (χ2v) is 9.11. The first-order valence-electron chi connectivity index (χ1n) is 12.3. The Morgan fingerprint density at radius 3 is 2.41 bits per heavy atom. The predicted molar refractivity (Wildman–Crippen MR) is 116 cm³/mol. The Kier molecular flexibility index (Phi) is 5.42. The summed E-state index contributed by atoms with van der Waals surface area (Å²) >= 11 is 0. The van der Waals surface area contributed by atoms with Crippen molar-refractivity contribution in [1.29, 1.82) is 0 Å². The summed E-state index contributed by atoms with van der Waals surface area (Å²) in [4.78, 5) is 1.95. The fraction of sp³-hybridized carbons (Fsp3) is 0.583. The third-order valence-electron chi connectivity index (χ3n) is 6.85. The molecule has 5 rings (SSSR count). The van der Waals surface area contributed by atoms with Gasteiger partial charge in [0.25, 0.3) is 0 Å². The second-order valence-electron chi connectivity index (χ2n) is 9.11. The maximum atomic E-state index is 13.8. The first-order chi connectivity index (χ1) is 16.2.